The molecular formula is C20H22Cl2N4O4. The Hall–Kier alpha value is -2.20. The van der Waals surface area contributed by atoms with Gasteiger partial charge in [-0.3, -0.25) is 4.79 Å². The monoisotopic (exact) mass is 452 g/mol. The van der Waals surface area contributed by atoms with Crippen LogP contribution in [0.5, 0.6) is 0 Å². The normalized spacial score (nSPS) is 18.0. The number of carbonyl (C=O) groups is 2. The van der Waals surface area contributed by atoms with Crippen LogP contribution >= 0.6 is 23.2 Å². The van der Waals surface area contributed by atoms with Crippen molar-refractivity contribution in [3.8, 4) is 11.1 Å². The van der Waals surface area contributed by atoms with Crippen molar-refractivity contribution in [2.75, 3.05) is 6.54 Å². The molecule has 0 spiro atoms. The molecule has 1 aliphatic rings. The first-order valence-corrected chi connectivity index (χ1v) is 10.1. The number of amides is 1. The molecule has 160 valence electrons. The maximum absolute atomic E-state index is 12.4. The molecule has 2 aromatic carbocycles. The summed E-state index contributed by atoms with van der Waals surface area (Å²) in [6.45, 7) is 0.370. The summed E-state index contributed by atoms with van der Waals surface area (Å²) in [7, 11) is 0. The lowest BCUT2D eigenvalue weighted by atomic mass is 9.97. The molecule has 10 heteroatoms. The molecule has 0 aliphatic carbocycles. The van der Waals surface area contributed by atoms with Crippen LogP contribution in [0.2, 0.25) is 10.0 Å². The molecule has 8 nitrogen and oxygen atoms in total. The zero-order chi connectivity index (χ0) is 21.7. The number of hydrogen-bond donors (Lipinski definition) is 6. The van der Waals surface area contributed by atoms with Gasteiger partial charge in [-0.1, -0.05) is 47.5 Å². The molecular weight excluding hydrogens is 431 g/mol. The molecule has 1 unspecified atom stereocenters. The summed E-state index contributed by atoms with van der Waals surface area (Å²) in [5, 5.41) is 22.7. The minimum atomic E-state index is -1.60. The van der Waals surface area contributed by atoms with Crippen molar-refractivity contribution in [3.63, 3.8) is 0 Å². The Kier molecular flexibility index (Phi) is 7.65. The number of hydrogen-bond acceptors (Lipinski definition) is 6. The number of benzene rings is 2. The summed E-state index contributed by atoms with van der Waals surface area (Å²) in [6, 6.07) is 11.7. The molecule has 3 rings (SSSR count). The van der Waals surface area contributed by atoms with E-state index in [2.05, 4.69) is 21.7 Å². The van der Waals surface area contributed by atoms with Crippen LogP contribution < -0.4 is 21.7 Å². The molecule has 0 radical (unpaired) electrons. The Bertz CT molecular complexity index is 921. The highest BCUT2D eigenvalue weighted by atomic mass is 35.5. The quantitative estimate of drug-likeness (QED) is 0.358. The highest BCUT2D eigenvalue weighted by Crippen LogP contribution is 2.28. The summed E-state index contributed by atoms with van der Waals surface area (Å²) >= 11 is 12.5. The van der Waals surface area contributed by atoms with Crippen LogP contribution in [0.1, 0.15) is 12.0 Å². The van der Waals surface area contributed by atoms with Crippen LogP contribution in [0, 0.1) is 0 Å². The first-order chi connectivity index (χ1) is 14.3. The van der Waals surface area contributed by atoms with Crippen LogP contribution in [0.4, 0.5) is 0 Å². The van der Waals surface area contributed by atoms with Gasteiger partial charge in [-0.05, 0) is 41.3 Å². The Morgan fingerprint density at radius 1 is 1.17 bits per heavy atom. The second-order valence-electron chi connectivity index (χ2n) is 7.02. The maximum atomic E-state index is 12.4. The number of nitrogens with one attached hydrogen (secondary N) is 4. The molecule has 0 bridgehead atoms. The van der Waals surface area contributed by atoms with Gasteiger partial charge in [0.15, 0.2) is 6.10 Å². The Labute approximate surface area is 183 Å². The second-order valence-corrected chi connectivity index (χ2v) is 7.86. The first-order valence-electron chi connectivity index (χ1n) is 9.32. The molecule has 6 N–H and O–H groups in total. The van der Waals surface area contributed by atoms with Crippen molar-refractivity contribution in [3.05, 3.63) is 58.1 Å². The van der Waals surface area contributed by atoms with E-state index < -0.39 is 24.2 Å². The van der Waals surface area contributed by atoms with Gasteiger partial charge < -0.3 is 15.5 Å². The molecule has 0 aromatic heterocycles. The smallest absolute Gasteiger partial charge is 0.332 e. The molecule has 30 heavy (non-hydrogen) atoms. The lowest BCUT2D eigenvalue weighted by Crippen LogP contribution is -2.49. The van der Waals surface area contributed by atoms with E-state index in [-0.39, 0.29) is 18.7 Å². The van der Waals surface area contributed by atoms with Crippen molar-refractivity contribution < 1.29 is 19.8 Å². The lowest BCUT2D eigenvalue weighted by molar-refractivity contribution is -0.147. The number of carboxylic acid groups (broad SMARTS) is 1. The third-order valence-corrected chi connectivity index (χ3v) is 5.36. The fraction of sp³-hybridized carbons (Fsp3) is 0.300. The summed E-state index contributed by atoms with van der Waals surface area (Å²) in [5.41, 5.74) is 10.7. The van der Waals surface area contributed by atoms with E-state index >= 15 is 0 Å². The number of aliphatic carboxylic acids is 1. The summed E-state index contributed by atoms with van der Waals surface area (Å²) in [6.07, 6.45) is -1.49. The largest absolute Gasteiger partial charge is 0.479 e. The molecule has 1 saturated heterocycles. The van der Waals surface area contributed by atoms with E-state index in [1.807, 2.05) is 30.3 Å². The van der Waals surface area contributed by atoms with Gasteiger partial charge in [0.05, 0.1) is 0 Å². The summed E-state index contributed by atoms with van der Waals surface area (Å²) < 4.78 is 0. The van der Waals surface area contributed by atoms with Crippen LogP contribution in [0.25, 0.3) is 11.1 Å². The van der Waals surface area contributed by atoms with E-state index in [4.69, 9.17) is 28.3 Å². The molecule has 1 heterocycles. The van der Waals surface area contributed by atoms with Gasteiger partial charge in [0.1, 0.15) is 6.04 Å². The van der Waals surface area contributed by atoms with Gasteiger partial charge >= 0.3 is 5.97 Å². The van der Waals surface area contributed by atoms with E-state index in [1.54, 1.807) is 12.1 Å². The highest BCUT2D eigenvalue weighted by molar-refractivity contribution is 6.32. The third kappa shape index (κ3) is 5.91. The number of hydrazine groups is 2. The highest BCUT2D eigenvalue weighted by Gasteiger charge is 2.27. The predicted octanol–water partition coefficient (Wildman–Crippen LogP) is 1.50. The van der Waals surface area contributed by atoms with E-state index in [0.717, 1.165) is 16.7 Å². The fourth-order valence-electron chi connectivity index (χ4n) is 3.19. The van der Waals surface area contributed by atoms with Gasteiger partial charge in [0.25, 0.3) is 0 Å². The number of aliphatic hydroxyl groups is 1. The van der Waals surface area contributed by atoms with E-state index in [9.17, 15) is 14.7 Å². The predicted molar refractivity (Wildman–Crippen MR) is 114 cm³/mol. The Morgan fingerprint density at radius 3 is 2.57 bits per heavy atom. The number of aliphatic hydroxyl groups excluding tert-OH is 1. The second kappa shape index (κ2) is 10.2. The maximum Gasteiger partial charge on any atom is 0.332 e. The van der Waals surface area contributed by atoms with Crippen molar-refractivity contribution in [1.29, 1.82) is 0 Å². The topological polar surface area (TPSA) is 123 Å². The summed E-state index contributed by atoms with van der Waals surface area (Å²) in [4.78, 5) is 23.5. The van der Waals surface area contributed by atoms with Gasteiger partial charge in [0, 0.05) is 29.1 Å². The van der Waals surface area contributed by atoms with Crippen LogP contribution in [-0.2, 0) is 16.0 Å². The Morgan fingerprint density at radius 2 is 1.93 bits per heavy atom. The van der Waals surface area contributed by atoms with Crippen molar-refractivity contribution in [1.82, 2.24) is 21.7 Å². The van der Waals surface area contributed by atoms with Crippen LogP contribution in [-0.4, -0.2) is 46.8 Å². The lowest BCUT2D eigenvalue weighted by Gasteiger charge is -2.22. The molecule has 3 atom stereocenters. The van der Waals surface area contributed by atoms with Crippen molar-refractivity contribution in [2.45, 2.75) is 31.0 Å². The molecule has 0 saturated carbocycles. The van der Waals surface area contributed by atoms with E-state index in [1.165, 1.54) is 0 Å². The van der Waals surface area contributed by atoms with E-state index in [0.29, 0.717) is 16.6 Å². The fourth-order valence-corrected chi connectivity index (χ4v) is 3.64. The third-order valence-electron chi connectivity index (χ3n) is 4.77. The number of carboxylic acids is 1. The average molecular weight is 453 g/mol. The van der Waals surface area contributed by atoms with Gasteiger partial charge in [-0.2, -0.15) is 5.53 Å². The van der Waals surface area contributed by atoms with Gasteiger partial charge in [-0.15, -0.1) is 0 Å². The van der Waals surface area contributed by atoms with Crippen molar-refractivity contribution in [2.24, 2.45) is 0 Å². The molecule has 2 aromatic rings. The minimum Gasteiger partial charge on any atom is -0.479 e. The minimum absolute atomic E-state index is 0.152. The summed E-state index contributed by atoms with van der Waals surface area (Å²) in [5.74, 6) is -1.67. The van der Waals surface area contributed by atoms with Crippen molar-refractivity contribution >= 4 is 35.1 Å². The molecule has 1 fully saturated rings. The molecule has 1 aliphatic heterocycles. The molecule has 1 amide bonds. The first kappa shape index (κ1) is 22.5. The van der Waals surface area contributed by atoms with Gasteiger partial charge in [-0.25, -0.2) is 15.6 Å². The zero-order valence-corrected chi connectivity index (χ0v) is 17.4. The Balaban J connectivity index is 1.76. The number of rotatable bonds is 8. The number of halogens is 2. The van der Waals surface area contributed by atoms with Crippen LogP contribution in [0.15, 0.2) is 42.5 Å². The van der Waals surface area contributed by atoms with Gasteiger partial charge in [0.2, 0.25) is 5.91 Å². The average Bonchev–Trinajstić information content (AvgIpc) is 3.24. The standard InChI is InChI=1S/C20H22Cl2N4O4/c21-14-3-1-2-11(6-14)12-4-5-13(16(22)8-12)7-15(9-18(27)20(29)30)24-19(28)17-10-23-26-25-17/h1-6,8,15,17-18,23,25-27H,7,9-10H2,(H,24,28)(H,29,30)/t15-,17?,18-/m1/s1. The van der Waals surface area contributed by atoms with Crippen LogP contribution in [0.3, 0.4) is 0 Å². The number of carbonyl (C=O) groups excluding carboxylic acids is 1. The SMILES string of the molecule is O=C(N[C@H](Cc1ccc(-c2cccc(Cl)c2)cc1Cl)C[C@@H](O)C(=O)O)C1CNNN1. The zero-order valence-electron chi connectivity index (χ0n) is 15.9.